The number of ether oxygens (including phenoxy) is 2. The van der Waals surface area contributed by atoms with Crippen molar-refractivity contribution in [1.29, 1.82) is 0 Å². The second-order valence-electron chi connectivity index (χ2n) is 7.50. The van der Waals surface area contributed by atoms with Crippen LogP contribution >= 0.6 is 24.8 Å². The number of nitrogens with zero attached hydrogens (tertiary/aromatic N) is 1. The Morgan fingerprint density at radius 2 is 1.87 bits per heavy atom. The van der Waals surface area contributed by atoms with E-state index in [2.05, 4.69) is 10.3 Å². The first kappa shape index (κ1) is 26.0. The molecule has 1 aliphatic rings. The Labute approximate surface area is 190 Å². The van der Waals surface area contributed by atoms with E-state index in [4.69, 9.17) is 15.2 Å². The first-order valence-electron chi connectivity index (χ1n) is 9.86. The molecule has 1 amide bonds. The number of benzene rings is 1. The summed E-state index contributed by atoms with van der Waals surface area (Å²) in [5, 5.41) is 3.00. The number of carbonyl (C=O) groups excluding carboxylic acids is 1. The minimum Gasteiger partial charge on any atom is -0.497 e. The molecule has 1 fully saturated rings. The summed E-state index contributed by atoms with van der Waals surface area (Å²) in [5.41, 5.74) is 6.89. The molecule has 166 valence electrons. The number of carbonyl (C=O) groups is 1. The zero-order valence-corrected chi connectivity index (χ0v) is 18.9. The van der Waals surface area contributed by atoms with Gasteiger partial charge in [-0.25, -0.2) is 4.98 Å². The third-order valence-corrected chi connectivity index (χ3v) is 5.43. The van der Waals surface area contributed by atoms with Crippen molar-refractivity contribution in [2.45, 2.75) is 45.1 Å². The van der Waals surface area contributed by atoms with E-state index in [1.807, 2.05) is 24.3 Å². The maximum absolute atomic E-state index is 12.4. The molecule has 0 atom stereocenters. The second-order valence-corrected chi connectivity index (χ2v) is 7.50. The summed E-state index contributed by atoms with van der Waals surface area (Å²) in [7, 11) is 1.62. The average Bonchev–Trinajstić information content (AvgIpc) is 2.74. The van der Waals surface area contributed by atoms with Crippen LogP contribution in [0.15, 0.2) is 42.6 Å². The van der Waals surface area contributed by atoms with Crippen molar-refractivity contribution in [2.24, 2.45) is 11.1 Å². The van der Waals surface area contributed by atoms with Gasteiger partial charge in [0.2, 0.25) is 11.8 Å². The van der Waals surface area contributed by atoms with Gasteiger partial charge < -0.3 is 20.5 Å². The largest absolute Gasteiger partial charge is 0.497 e. The first-order chi connectivity index (χ1) is 13.6. The van der Waals surface area contributed by atoms with E-state index in [1.165, 1.54) is 19.3 Å². The molecule has 2 aromatic rings. The van der Waals surface area contributed by atoms with Gasteiger partial charge in [0.1, 0.15) is 11.5 Å². The molecule has 8 heteroatoms. The number of hydrogen-bond acceptors (Lipinski definition) is 5. The third-order valence-electron chi connectivity index (χ3n) is 5.43. The molecule has 1 aromatic heterocycles. The predicted molar refractivity (Wildman–Crippen MR) is 123 cm³/mol. The lowest BCUT2D eigenvalue weighted by Gasteiger charge is -2.35. The quantitative estimate of drug-likeness (QED) is 0.604. The van der Waals surface area contributed by atoms with Crippen molar-refractivity contribution in [1.82, 2.24) is 10.3 Å². The van der Waals surface area contributed by atoms with Crippen LogP contribution in [0.2, 0.25) is 0 Å². The summed E-state index contributed by atoms with van der Waals surface area (Å²) < 4.78 is 10.9. The minimum absolute atomic E-state index is 0. The molecular weight excluding hydrogens is 425 g/mol. The Bertz CT molecular complexity index is 781. The fourth-order valence-corrected chi connectivity index (χ4v) is 3.72. The number of aromatic nitrogens is 1. The van der Waals surface area contributed by atoms with Crippen LogP contribution in [0.4, 0.5) is 0 Å². The van der Waals surface area contributed by atoms with E-state index in [0.29, 0.717) is 31.1 Å². The van der Waals surface area contributed by atoms with Crippen LogP contribution < -0.4 is 20.5 Å². The SMILES string of the molecule is COc1cccc(Oc2ccc(CNC(=O)CC3(CN)CCCCC3)cn2)c1.Cl.Cl. The molecule has 1 heterocycles. The van der Waals surface area contributed by atoms with Gasteiger partial charge in [0.25, 0.3) is 0 Å². The molecule has 1 aromatic carbocycles. The lowest BCUT2D eigenvalue weighted by Crippen LogP contribution is -2.38. The molecule has 1 saturated carbocycles. The topological polar surface area (TPSA) is 86.5 Å². The standard InChI is InChI=1S/C22H29N3O3.2ClH/c1-27-18-6-5-7-19(12-18)28-21-9-8-17(15-25-21)14-24-20(26)13-22(16-23)10-3-2-4-11-22;;/h5-9,12,15H,2-4,10-11,13-14,16,23H2,1H3,(H,24,26);2*1H. The van der Waals surface area contributed by atoms with Crippen LogP contribution in [0.1, 0.15) is 44.1 Å². The van der Waals surface area contributed by atoms with Gasteiger partial charge in [-0.05, 0) is 42.5 Å². The number of rotatable bonds is 8. The number of methoxy groups -OCH3 is 1. The van der Waals surface area contributed by atoms with E-state index in [0.717, 1.165) is 24.2 Å². The van der Waals surface area contributed by atoms with Crippen molar-refractivity contribution in [2.75, 3.05) is 13.7 Å². The van der Waals surface area contributed by atoms with Gasteiger partial charge in [-0.2, -0.15) is 0 Å². The van der Waals surface area contributed by atoms with Crippen LogP contribution in [0.5, 0.6) is 17.4 Å². The molecule has 0 radical (unpaired) electrons. The van der Waals surface area contributed by atoms with Crippen molar-refractivity contribution in [3.8, 4) is 17.4 Å². The highest BCUT2D eigenvalue weighted by atomic mass is 35.5. The Morgan fingerprint density at radius 1 is 1.13 bits per heavy atom. The molecule has 30 heavy (non-hydrogen) atoms. The van der Waals surface area contributed by atoms with Gasteiger partial charge in [-0.1, -0.05) is 31.4 Å². The summed E-state index contributed by atoms with van der Waals surface area (Å²) in [6.45, 7) is 1.03. The minimum atomic E-state index is -0.0188. The zero-order valence-electron chi connectivity index (χ0n) is 17.3. The molecule has 0 aliphatic heterocycles. The smallest absolute Gasteiger partial charge is 0.220 e. The molecule has 0 unspecified atom stereocenters. The average molecular weight is 456 g/mol. The van der Waals surface area contributed by atoms with E-state index in [-0.39, 0.29) is 36.1 Å². The molecule has 0 saturated heterocycles. The third kappa shape index (κ3) is 7.35. The van der Waals surface area contributed by atoms with E-state index >= 15 is 0 Å². The van der Waals surface area contributed by atoms with Crippen molar-refractivity contribution >= 4 is 30.7 Å². The van der Waals surface area contributed by atoms with Crippen molar-refractivity contribution in [3.63, 3.8) is 0 Å². The predicted octanol–water partition coefficient (Wildman–Crippen LogP) is 4.64. The number of nitrogens with one attached hydrogen (secondary N) is 1. The van der Waals surface area contributed by atoms with Gasteiger partial charge >= 0.3 is 0 Å². The second kappa shape index (κ2) is 12.6. The summed E-state index contributed by atoms with van der Waals surface area (Å²) in [6.07, 6.45) is 7.91. The van der Waals surface area contributed by atoms with E-state index < -0.39 is 0 Å². The van der Waals surface area contributed by atoms with E-state index in [1.54, 1.807) is 25.4 Å². The van der Waals surface area contributed by atoms with Crippen LogP contribution in [-0.2, 0) is 11.3 Å². The van der Waals surface area contributed by atoms with Gasteiger partial charge in [0.15, 0.2) is 0 Å². The number of amides is 1. The first-order valence-corrected chi connectivity index (χ1v) is 9.86. The van der Waals surface area contributed by atoms with Crippen LogP contribution in [0, 0.1) is 5.41 Å². The van der Waals surface area contributed by atoms with E-state index in [9.17, 15) is 4.79 Å². The molecule has 0 spiro atoms. The molecule has 3 rings (SSSR count). The van der Waals surface area contributed by atoms with Crippen molar-refractivity contribution < 1.29 is 14.3 Å². The fraction of sp³-hybridized carbons (Fsp3) is 0.455. The van der Waals surface area contributed by atoms with Gasteiger partial charge in [0.05, 0.1) is 7.11 Å². The normalized spacial score (nSPS) is 14.6. The monoisotopic (exact) mass is 455 g/mol. The summed E-state index contributed by atoms with van der Waals surface area (Å²) >= 11 is 0. The van der Waals surface area contributed by atoms with Crippen LogP contribution in [0.3, 0.4) is 0 Å². The Balaban J connectivity index is 0.00000225. The number of halogens is 2. The molecular formula is C22H31Cl2N3O3. The summed E-state index contributed by atoms with van der Waals surface area (Å²) in [4.78, 5) is 16.7. The number of hydrogen-bond donors (Lipinski definition) is 2. The summed E-state index contributed by atoms with van der Waals surface area (Å²) in [6, 6.07) is 11.1. The van der Waals surface area contributed by atoms with Gasteiger partial charge in [-0.15, -0.1) is 24.8 Å². The Morgan fingerprint density at radius 3 is 2.50 bits per heavy atom. The Hall–Kier alpha value is -2.02. The molecule has 1 aliphatic carbocycles. The maximum Gasteiger partial charge on any atom is 0.220 e. The lowest BCUT2D eigenvalue weighted by atomic mass is 9.71. The van der Waals surface area contributed by atoms with Gasteiger partial charge in [0, 0.05) is 31.3 Å². The molecule has 3 N–H and O–H groups in total. The van der Waals surface area contributed by atoms with Crippen LogP contribution in [0.25, 0.3) is 0 Å². The highest BCUT2D eigenvalue weighted by Crippen LogP contribution is 2.38. The number of nitrogens with two attached hydrogens (primary N) is 1. The fourth-order valence-electron chi connectivity index (χ4n) is 3.72. The molecule has 6 nitrogen and oxygen atoms in total. The zero-order chi connectivity index (χ0) is 19.8. The summed E-state index contributed by atoms with van der Waals surface area (Å²) in [5.74, 6) is 1.94. The lowest BCUT2D eigenvalue weighted by molar-refractivity contribution is -0.124. The van der Waals surface area contributed by atoms with Crippen molar-refractivity contribution in [3.05, 3.63) is 48.2 Å². The number of pyridine rings is 1. The maximum atomic E-state index is 12.4. The highest BCUT2D eigenvalue weighted by molar-refractivity contribution is 5.85. The van der Waals surface area contributed by atoms with Gasteiger partial charge in [-0.3, -0.25) is 4.79 Å². The highest BCUT2D eigenvalue weighted by Gasteiger charge is 2.32. The van der Waals surface area contributed by atoms with Crippen LogP contribution in [-0.4, -0.2) is 24.5 Å². The molecule has 0 bridgehead atoms. The Kier molecular flexibility index (Phi) is 10.9.